The van der Waals surface area contributed by atoms with E-state index in [1.165, 1.54) is 7.11 Å². The van der Waals surface area contributed by atoms with Crippen molar-refractivity contribution in [3.05, 3.63) is 40.8 Å². The zero-order valence-corrected chi connectivity index (χ0v) is 12.7. The number of nitrogens with zero attached hydrogens (tertiary/aromatic N) is 2. The molecule has 0 aromatic heterocycles. The van der Waals surface area contributed by atoms with Crippen LogP contribution in [-0.4, -0.2) is 37.5 Å². The Bertz CT molecular complexity index is 665. The van der Waals surface area contributed by atoms with E-state index in [0.717, 1.165) is 29.2 Å². The maximum absolute atomic E-state index is 11.6. The van der Waals surface area contributed by atoms with E-state index in [1.54, 1.807) is 25.5 Å². The normalized spacial score (nSPS) is 18.0. The standard InChI is InChI=1S/C14H13N3O4S/c1-20-10-5-3-9(4-6-10)8-15-17-14-16-13(19)11(22-14)7-12(18)21-2/h3-8H,1-2H3,(H,16,17,19). The number of nitrogens with one attached hydrogen (secondary N) is 1. The van der Waals surface area contributed by atoms with Crippen LogP contribution in [0.5, 0.6) is 5.75 Å². The molecule has 0 bridgehead atoms. The first-order chi connectivity index (χ1) is 10.6. The van der Waals surface area contributed by atoms with Crippen LogP contribution in [0.4, 0.5) is 0 Å². The number of amidine groups is 1. The molecule has 1 heterocycles. The Morgan fingerprint density at radius 2 is 2.00 bits per heavy atom. The second kappa shape index (κ2) is 7.41. The van der Waals surface area contributed by atoms with Crippen LogP contribution in [0.2, 0.25) is 0 Å². The lowest BCUT2D eigenvalue weighted by molar-refractivity contribution is -0.135. The van der Waals surface area contributed by atoms with Gasteiger partial charge in [0.15, 0.2) is 5.17 Å². The Labute approximate surface area is 131 Å². The van der Waals surface area contributed by atoms with E-state index in [4.69, 9.17) is 4.74 Å². The number of hydrogen-bond acceptors (Lipinski definition) is 7. The highest BCUT2D eigenvalue weighted by atomic mass is 32.2. The molecular formula is C14H13N3O4S. The number of benzene rings is 1. The average Bonchev–Trinajstić information content (AvgIpc) is 2.87. The summed E-state index contributed by atoms with van der Waals surface area (Å²) in [5.74, 6) is -0.255. The van der Waals surface area contributed by atoms with Crippen molar-refractivity contribution >= 4 is 35.0 Å². The summed E-state index contributed by atoms with van der Waals surface area (Å²) in [6, 6.07) is 7.26. The van der Waals surface area contributed by atoms with Gasteiger partial charge in [0.2, 0.25) is 0 Å². The Balaban J connectivity index is 2.01. The van der Waals surface area contributed by atoms with Crippen molar-refractivity contribution in [2.75, 3.05) is 14.2 Å². The van der Waals surface area contributed by atoms with E-state index < -0.39 is 11.9 Å². The van der Waals surface area contributed by atoms with Crippen molar-refractivity contribution in [3.63, 3.8) is 0 Å². The van der Waals surface area contributed by atoms with Crippen LogP contribution in [0.25, 0.3) is 0 Å². The molecule has 1 aromatic carbocycles. The van der Waals surface area contributed by atoms with Gasteiger partial charge in [-0.1, -0.05) is 0 Å². The van der Waals surface area contributed by atoms with Crippen LogP contribution >= 0.6 is 11.8 Å². The van der Waals surface area contributed by atoms with Crippen molar-refractivity contribution in [1.82, 2.24) is 5.32 Å². The number of thioether (sulfide) groups is 1. The molecule has 1 aromatic rings. The van der Waals surface area contributed by atoms with E-state index in [9.17, 15) is 9.59 Å². The predicted molar refractivity (Wildman–Crippen MR) is 83.9 cm³/mol. The molecule has 1 amide bonds. The van der Waals surface area contributed by atoms with Crippen LogP contribution in [0.1, 0.15) is 5.56 Å². The van der Waals surface area contributed by atoms with E-state index in [0.29, 0.717) is 5.17 Å². The molecule has 0 spiro atoms. The molecule has 0 radical (unpaired) electrons. The number of carbonyl (C=O) groups is 2. The van der Waals surface area contributed by atoms with Crippen molar-refractivity contribution in [2.24, 2.45) is 10.2 Å². The second-order valence-corrected chi connectivity index (χ2v) is 5.04. The second-order valence-electron chi connectivity index (χ2n) is 4.01. The molecule has 1 fully saturated rings. The summed E-state index contributed by atoms with van der Waals surface area (Å²) in [4.78, 5) is 22.9. The topological polar surface area (TPSA) is 89.3 Å². The fourth-order valence-corrected chi connectivity index (χ4v) is 2.22. The number of hydrogen-bond donors (Lipinski definition) is 1. The van der Waals surface area contributed by atoms with Gasteiger partial charge in [0.05, 0.1) is 25.3 Å². The lowest BCUT2D eigenvalue weighted by Crippen LogP contribution is -2.19. The minimum atomic E-state index is -0.597. The van der Waals surface area contributed by atoms with E-state index in [-0.39, 0.29) is 4.91 Å². The third-order valence-electron chi connectivity index (χ3n) is 2.57. The highest BCUT2D eigenvalue weighted by Gasteiger charge is 2.24. The Morgan fingerprint density at radius 1 is 1.27 bits per heavy atom. The van der Waals surface area contributed by atoms with E-state index in [1.807, 2.05) is 12.1 Å². The van der Waals surface area contributed by atoms with Crippen LogP contribution < -0.4 is 10.1 Å². The zero-order chi connectivity index (χ0) is 15.9. The summed E-state index contributed by atoms with van der Waals surface area (Å²) in [7, 11) is 2.83. The van der Waals surface area contributed by atoms with E-state index >= 15 is 0 Å². The minimum Gasteiger partial charge on any atom is -0.497 e. The van der Waals surface area contributed by atoms with Crippen molar-refractivity contribution in [2.45, 2.75) is 0 Å². The van der Waals surface area contributed by atoms with E-state index in [2.05, 4.69) is 20.3 Å². The summed E-state index contributed by atoms with van der Waals surface area (Å²) < 4.78 is 9.52. The quantitative estimate of drug-likeness (QED) is 0.391. The van der Waals surface area contributed by atoms with Gasteiger partial charge < -0.3 is 9.47 Å². The molecule has 1 saturated heterocycles. The monoisotopic (exact) mass is 319 g/mol. The zero-order valence-electron chi connectivity index (χ0n) is 11.9. The first-order valence-corrected chi connectivity index (χ1v) is 6.98. The van der Waals surface area contributed by atoms with Gasteiger partial charge in [-0.05, 0) is 41.6 Å². The molecule has 8 heteroatoms. The summed E-state index contributed by atoms with van der Waals surface area (Å²) in [5.41, 5.74) is 0.838. The van der Waals surface area contributed by atoms with Crippen LogP contribution in [0.15, 0.2) is 45.4 Å². The highest BCUT2D eigenvalue weighted by Crippen LogP contribution is 2.23. The van der Waals surface area contributed by atoms with Gasteiger partial charge in [-0.25, -0.2) is 4.79 Å². The van der Waals surface area contributed by atoms with Gasteiger partial charge in [-0.3, -0.25) is 10.1 Å². The van der Waals surface area contributed by atoms with Gasteiger partial charge in [0.25, 0.3) is 5.91 Å². The van der Waals surface area contributed by atoms with Crippen molar-refractivity contribution < 1.29 is 19.1 Å². The molecule has 0 aliphatic carbocycles. The summed E-state index contributed by atoms with van der Waals surface area (Å²) in [5, 5.41) is 10.6. The predicted octanol–water partition coefficient (Wildman–Crippen LogP) is 1.30. The number of esters is 1. The van der Waals surface area contributed by atoms with Gasteiger partial charge in [0, 0.05) is 6.08 Å². The maximum atomic E-state index is 11.6. The van der Waals surface area contributed by atoms with Gasteiger partial charge in [-0.2, -0.15) is 5.10 Å². The summed E-state index contributed by atoms with van der Waals surface area (Å²) in [6.07, 6.45) is 2.65. The molecule has 1 N–H and O–H groups in total. The maximum Gasteiger partial charge on any atom is 0.331 e. The third kappa shape index (κ3) is 4.19. The molecule has 7 nitrogen and oxygen atoms in total. The molecule has 1 aliphatic rings. The molecule has 114 valence electrons. The Hall–Kier alpha value is -2.61. The fourth-order valence-electron chi connectivity index (χ4n) is 1.48. The third-order valence-corrected chi connectivity index (χ3v) is 3.47. The first-order valence-electron chi connectivity index (χ1n) is 6.16. The molecule has 2 rings (SSSR count). The molecular weight excluding hydrogens is 306 g/mol. The van der Waals surface area contributed by atoms with Crippen molar-refractivity contribution in [3.8, 4) is 5.75 Å². The fraction of sp³-hybridized carbons (Fsp3) is 0.143. The van der Waals surface area contributed by atoms with Crippen LogP contribution in [-0.2, 0) is 14.3 Å². The smallest absolute Gasteiger partial charge is 0.331 e. The lowest BCUT2D eigenvalue weighted by Gasteiger charge is -1.97. The molecule has 22 heavy (non-hydrogen) atoms. The van der Waals surface area contributed by atoms with Gasteiger partial charge in [-0.15, -0.1) is 5.10 Å². The largest absolute Gasteiger partial charge is 0.497 e. The summed E-state index contributed by atoms with van der Waals surface area (Å²) >= 11 is 1.02. The lowest BCUT2D eigenvalue weighted by atomic mass is 10.2. The highest BCUT2D eigenvalue weighted by molar-refractivity contribution is 8.18. The minimum absolute atomic E-state index is 0.213. The molecule has 0 atom stereocenters. The Kier molecular flexibility index (Phi) is 5.31. The number of rotatable bonds is 4. The number of ether oxygens (including phenoxy) is 2. The van der Waals surface area contributed by atoms with Gasteiger partial charge in [0.1, 0.15) is 5.75 Å². The van der Waals surface area contributed by atoms with Crippen LogP contribution in [0, 0.1) is 0 Å². The van der Waals surface area contributed by atoms with Crippen LogP contribution in [0.3, 0.4) is 0 Å². The summed E-state index contributed by atoms with van der Waals surface area (Å²) in [6.45, 7) is 0. The SMILES string of the molecule is COC(=O)C=C1S/C(=N\N=Cc2ccc(OC)cc2)NC1=O. The average molecular weight is 319 g/mol. The van der Waals surface area contributed by atoms with Gasteiger partial charge >= 0.3 is 5.97 Å². The first kappa shape index (κ1) is 15.8. The number of methoxy groups -OCH3 is 2. The molecule has 0 unspecified atom stereocenters. The number of amides is 1. The number of carbonyl (C=O) groups excluding carboxylic acids is 2. The Morgan fingerprint density at radius 3 is 2.64 bits per heavy atom. The molecule has 0 saturated carbocycles. The molecule has 1 aliphatic heterocycles. The van der Waals surface area contributed by atoms with Crippen molar-refractivity contribution in [1.29, 1.82) is 0 Å².